The first kappa shape index (κ1) is 28.1. The van der Waals surface area contributed by atoms with Crippen LogP contribution in [-0.2, 0) is 32.5 Å². The summed E-state index contributed by atoms with van der Waals surface area (Å²) >= 11 is 1.57. The molecular weight excluding hydrogens is 524 g/mol. The van der Waals surface area contributed by atoms with Crippen LogP contribution in [0.15, 0.2) is 70.9 Å². The molecule has 1 aromatic heterocycles. The van der Waals surface area contributed by atoms with Gasteiger partial charge in [-0.15, -0.1) is 11.3 Å². The highest BCUT2D eigenvalue weighted by Gasteiger charge is 2.32. The number of sulfonamides is 1. The molecule has 4 rings (SSSR count). The summed E-state index contributed by atoms with van der Waals surface area (Å²) in [7, 11) is -0.709. The Morgan fingerprint density at radius 3 is 2.50 bits per heavy atom. The van der Waals surface area contributed by atoms with Crippen LogP contribution in [0.4, 0.5) is 0 Å². The molecule has 1 amide bonds. The average Bonchev–Trinajstić information content (AvgIpc) is 3.65. The van der Waals surface area contributed by atoms with E-state index in [1.54, 1.807) is 60.8 Å². The highest BCUT2D eigenvalue weighted by molar-refractivity contribution is 7.89. The first-order chi connectivity index (χ1) is 18.4. The second kappa shape index (κ2) is 13.2. The van der Waals surface area contributed by atoms with Gasteiger partial charge in [0.25, 0.3) is 0 Å². The Morgan fingerprint density at radius 2 is 1.84 bits per heavy atom. The van der Waals surface area contributed by atoms with Crippen LogP contribution in [0, 0.1) is 0 Å². The second-order valence-corrected chi connectivity index (χ2v) is 12.0. The average molecular weight is 559 g/mol. The predicted octanol–water partition coefficient (Wildman–Crippen LogP) is 4.21. The van der Waals surface area contributed by atoms with Gasteiger partial charge in [-0.05, 0) is 60.5 Å². The van der Waals surface area contributed by atoms with E-state index in [2.05, 4.69) is 0 Å². The summed E-state index contributed by atoms with van der Waals surface area (Å²) in [6, 6.07) is 17.9. The minimum absolute atomic E-state index is 0.144. The Morgan fingerprint density at radius 1 is 1.05 bits per heavy atom. The van der Waals surface area contributed by atoms with Gasteiger partial charge in [0.1, 0.15) is 0 Å². The van der Waals surface area contributed by atoms with Gasteiger partial charge >= 0.3 is 0 Å². The Bertz CT molecular complexity index is 1280. The SMILES string of the molecule is COc1ccc(CCN(Cc2cccs2)C(=O)CN(CC2CCCO2)S(=O)(=O)c2ccccc2)cc1OC. The van der Waals surface area contributed by atoms with E-state index in [9.17, 15) is 13.2 Å². The summed E-state index contributed by atoms with van der Waals surface area (Å²) in [5.41, 5.74) is 0.986. The molecule has 1 unspecified atom stereocenters. The molecule has 1 aliphatic rings. The van der Waals surface area contributed by atoms with Crippen molar-refractivity contribution in [3.8, 4) is 11.5 Å². The van der Waals surface area contributed by atoms with Crippen molar-refractivity contribution in [2.24, 2.45) is 0 Å². The zero-order chi connectivity index (χ0) is 27.0. The molecule has 2 aromatic carbocycles. The molecule has 0 saturated carbocycles. The van der Waals surface area contributed by atoms with E-state index in [0.717, 1.165) is 23.3 Å². The van der Waals surface area contributed by atoms with Crippen molar-refractivity contribution in [3.63, 3.8) is 0 Å². The number of nitrogens with zero attached hydrogens (tertiary/aromatic N) is 2. The summed E-state index contributed by atoms with van der Waals surface area (Å²) in [6.07, 6.45) is 2.01. The van der Waals surface area contributed by atoms with Gasteiger partial charge in [0, 0.05) is 24.6 Å². The Hall–Kier alpha value is -2.92. The molecule has 0 radical (unpaired) electrons. The second-order valence-electron chi connectivity index (χ2n) is 9.08. The van der Waals surface area contributed by atoms with E-state index in [1.165, 1.54) is 4.31 Å². The number of carbonyl (C=O) groups excluding carboxylic acids is 1. The zero-order valence-electron chi connectivity index (χ0n) is 21.7. The van der Waals surface area contributed by atoms with Gasteiger partial charge in [-0.3, -0.25) is 4.79 Å². The number of amides is 1. The van der Waals surface area contributed by atoms with Gasteiger partial charge in [-0.25, -0.2) is 8.42 Å². The quantitative estimate of drug-likeness (QED) is 0.313. The third-order valence-electron chi connectivity index (χ3n) is 6.52. The molecule has 38 heavy (non-hydrogen) atoms. The molecule has 0 aliphatic carbocycles. The third-order valence-corrected chi connectivity index (χ3v) is 9.21. The summed E-state index contributed by atoms with van der Waals surface area (Å²) in [5, 5.41) is 1.97. The van der Waals surface area contributed by atoms with Gasteiger partial charge in [-0.1, -0.05) is 30.3 Å². The molecule has 1 saturated heterocycles. The molecule has 1 fully saturated rings. The number of ether oxygens (including phenoxy) is 3. The molecule has 1 aliphatic heterocycles. The lowest BCUT2D eigenvalue weighted by atomic mass is 10.1. The van der Waals surface area contributed by atoms with Gasteiger partial charge in [0.15, 0.2) is 11.5 Å². The number of rotatable bonds is 13. The Labute approximate surface area is 228 Å². The number of methoxy groups -OCH3 is 2. The van der Waals surface area contributed by atoms with Crippen molar-refractivity contribution >= 4 is 27.3 Å². The highest BCUT2D eigenvalue weighted by Crippen LogP contribution is 2.28. The van der Waals surface area contributed by atoms with E-state index < -0.39 is 10.0 Å². The van der Waals surface area contributed by atoms with Gasteiger partial charge in [0.05, 0.1) is 38.3 Å². The maximum absolute atomic E-state index is 13.7. The van der Waals surface area contributed by atoms with Crippen molar-refractivity contribution in [3.05, 3.63) is 76.5 Å². The Kier molecular flexibility index (Phi) is 9.79. The highest BCUT2D eigenvalue weighted by atomic mass is 32.2. The smallest absolute Gasteiger partial charge is 0.243 e. The van der Waals surface area contributed by atoms with Crippen molar-refractivity contribution in [2.75, 3.05) is 40.5 Å². The molecule has 8 nitrogen and oxygen atoms in total. The summed E-state index contributed by atoms with van der Waals surface area (Å²) in [6.45, 7) is 1.32. The largest absolute Gasteiger partial charge is 0.493 e. The maximum atomic E-state index is 13.7. The zero-order valence-corrected chi connectivity index (χ0v) is 23.4. The Balaban J connectivity index is 1.55. The summed E-state index contributed by atoms with van der Waals surface area (Å²) in [4.78, 5) is 16.6. The minimum atomic E-state index is -3.88. The lowest BCUT2D eigenvalue weighted by Gasteiger charge is -2.28. The molecule has 0 N–H and O–H groups in total. The van der Waals surface area contributed by atoms with Crippen LogP contribution in [0.3, 0.4) is 0 Å². The maximum Gasteiger partial charge on any atom is 0.243 e. The van der Waals surface area contributed by atoms with Crippen molar-refractivity contribution in [1.29, 1.82) is 0 Å². The van der Waals surface area contributed by atoms with Crippen molar-refractivity contribution in [1.82, 2.24) is 9.21 Å². The fourth-order valence-electron chi connectivity index (χ4n) is 4.44. The van der Waals surface area contributed by atoms with E-state index in [-0.39, 0.29) is 30.0 Å². The van der Waals surface area contributed by atoms with Crippen LogP contribution in [0.25, 0.3) is 0 Å². The molecular formula is C28H34N2O6S2. The number of hydrogen-bond acceptors (Lipinski definition) is 7. The lowest BCUT2D eigenvalue weighted by Crippen LogP contribution is -2.45. The molecule has 0 spiro atoms. The number of benzene rings is 2. The van der Waals surface area contributed by atoms with E-state index >= 15 is 0 Å². The molecule has 2 heterocycles. The lowest BCUT2D eigenvalue weighted by molar-refractivity contribution is -0.132. The van der Waals surface area contributed by atoms with E-state index in [1.807, 2.05) is 35.7 Å². The summed E-state index contributed by atoms with van der Waals surface area (Å²) in [5.74, 6) is 1.01. The third kappa shape index (κ3) is 7.13. The number of carbonyl (C=O) groups is 1. The van der Waals surface area contributed by atoms with E-state index in [0.29, 0.717) is 37.6 Å². The first-order valence-corrected chi connectivity index (χ1v) is 14.9. The molecule has 204 valence electrons. The molecule has 1 atom stereocenters. The normalized spacial score (nSPS) is 15.5. The topological polar surface area (TPSA) is 85.4 Å². The first-order valence-electron chi connectivity index (χ1n) is 12.6. The van der Waals surface area contributed by atoms with Crippen LogP contribution in [-0.4, -0.2) is 70.1 Å². The van der Waals surface area contributed by atoms with Gasteiger partial charge in [-0.2, -0.15) is 4.31 Å². The van der Waals surface area contributed by atoms with Crippen LogP contribution in [0.1, 0.15) is 23.3 Å². The van der Waals surface area contributed by atoms with Gasteiger partial charge in [0.2, 0.25) is 15.9 Å². The van der Waals surface area contributed by atoms with Crippen LogP contribution < -0.4 is 9.47 Å². The number of hydrogen-bond donors (Lipinski definition) is 0. The predicted molar refractivity (Wildman–Crippen MR) is 147 cm³/mol. The summed E-state index contributed by atoms with van der Waals surface area (Å²) < 4.78 is 44.9. The number of thiophene rings is 1. The van der Waals surface area contributed by atoms with Gasteiger partial charge < -0.3 is 19.1 Å². The molecule has 3 aromatic rings. The monoisotopic (exact) mass is 558 g/mol. The van der Waals surface area contributed by atoms with Crippen molar-refractivity contribution in [2.45, 2.75) is 36.8 Å². The van der Waals surface area contributed by atoms with E-state index in [4.69, 9.17) is 14.2 Å². The fourth-order valence-corrected chi connectivity index (χ4v) is 6.60. The van der Waals surface area contributed by atoms with Crippen LogP contribution in [0.2, 0.25) is 0 Å². The van der Waals surface area contributed by atoms with Crippen molar-refractivity contribution < 1.29 is 27.4 Å². The minimum Gasteiger partial charge on any atom is -0.493 e. The van der Waals surface area contributed by atoms with Crippen LogP contribution >= 0.6 is 11.3 Å². The molecule has 0 bridgehead atoms. The molecule has 10 heteroatoms. The standard InChI is InChI=1S/C28H34N2O6S2/c1-34-26-13-12-22(18-27(26)35-2)14-15-29(20-24-9-7-17-37-24)28(31)21-30(19-23-8-6-16-36-23)38(32,33)25-10-4-3-5-11-25/h3-5,7,9-13,17-18,23H,6,8,14-16,19-21H2,1-2H3. The van der Waals surface area contributed by atoms with Crippen LogP contribution in [0.5, 0.6) is 11.5 Å². The fraction of sp³-hybridized carbons (Fsp3) is 0.393.